The molecule has 0 amide bonds. The van der Waals surface area contributed by atoms with Crippen molar-refractivity contribution in [2.24, 2.45) is 0 Å². The number of ether oxygens (including phenoxy) is 2. The summed E-state index contributed by atoms with van der Waals surface area (Å²) in [6.45, 7) is 5.20. The van der Waals surface area contributed by atoms with E-state index in [1.54, 1.807) is 0 Å². The van der Waals surface area contributed by atoms with E-state index in [1.165, 1.54) is 56.0 Å². The van der Waals surface area contributed by atoms with Gasteiger partial charge in [0.05, 0.1) is 6.61 Å². The zero-order chi connectivity index (χ0) is 22.8. The van der Waals surface area contributed by atoms with Gasteiger partial charge in [0.2, 0.25) is 0 Å². The number of hydrogen-bond acceptors (Lipinski definition) is 4. The summed E-state index contributed by atoms with van der Waals surface area (Å²) in [5.41, 5.74) is 9.51. The Kier molecular flexibility index (Phi) is 6.94. The number of benzene rings is 3. The molecule has 2 nitrogen and oxygen atoms in total. The Morgan fingerprint density at radius 3 is 2.67 bits per heavy atom. The molecule has 1 heterocycles. The lowest BCUT2D eigenvalue weighted by Crippen LogP contribution is -2.04. The second-order valence-corrected chi connectivity index (χ2v) is 11.1. The Bertz CT molecular complexity index is 1130. The first-order valence-corrected chi connectivity index (χ1v) is 14.3. The van der Waals surface area contributed by atoms with Crippen molar-refractivity contribution in [2.45, 2.75) is 50.5 Å². The van der Waals surface area contributed by atoms with Gasteiger partial charge >= 0.3 is 0 Å². The minimum atomic E-state index is 0.129. The van der Waals surface area contributed by atoms with Gasteiger partial charge in [-0.1, -0.05) is 24.3 Å². The molecule has 1 unspecified atom stereocenters. The smallest absolute Gasteiger partial charge is 0.124 e. The highest BCUT2D eigenvalue weighted by Crippen LogP contribution is 2.43. The summed E-state index contributed by atoms with van der Waals surface area (Å²) >= 11 is 3.81. The van der Waals surface area contributed by atoms with E-state index in [0.29, 0.717) is 0 Å². The maximum atomic E-state index is 6.53. The van der Waals surface area contributed by atoms with Crippen LogP contribution in [0.3, 0.4) is 0 Å². The van der Waals surface area contributed by atoms with E-state index in [0.717, 1.165) is 43.1 Å². The van der Waals surface area contributed by atoms with E-state index in [2.05, 4.69) is 68.6 Å². The van der Waals surface area contributed by atoms with E-state index in [4.69, 9.17) is 9.47 Å². The largest absolute Gasteiger partial charge is 0.494 e. The van der Waals surface area contributed by atoms with E-state index in [9.17, 15) is 0 Å². The zero-order valence-electron chi connectivity index (χ0n) is 19.8. The van der Waals surface area contributed by atoms with E-state index < -0.39 is 0 Å². The lowest BCUT2D eigenvalue weighted by atomic mass is 9.90. The fourth-order valence-corrected chi connectivity index (χ4v) is 6.69. The standard InChI is InChI=1S/C29H32O2S2/c1-19-16-23(30-13-5-14-32-3)17-20(2)29(19)26-7-4-6-25-24(26)10-11-27(25)31-22-9-8-21-12-15-33-28(21)18-22/h4,6-9,16-18,27H,5,10-15H2,1-3H3. The Morgan fingerprint density at radius 2 is 1.85 bits per heavy atom. The van der Waals surface area contributed by atoms with Crippen molar-refractivity contribution < 1.29 is 9.47 Å². The fraction of sp³-hybridized carbons (Fsp3) is 0.379. The number of fused-ring (bicyclic) bond motifs is 2. The first-order chi connectivity index (χ1) is 16.1. The molecule has 0 fully saturated rings. The molecular formula is C29H32O2S2. The van der Waals surface area contributed by atoms with Gasteiger partial charge in [0.15, 0.2) is 0 Å². The van der Waals surface area contributed by atoms with Crippen LogP contribution >= 0.6 is 23.5 Å². The van der Waals surface area contributed by atoms with Crippen LogP contribution in [0.15, 0.2) is 53.4 Å². The second kappa shape index (κ2) is 10.1. The molecule has 3 aromatic rings. The third-order valence-corrected chi connectivity index (χ3v) is 8.49. The molecule has 33 heavy (non-hydrogen) atoms. The van der Waals surface area contributed by atoms with Crippen LogP contribution in [0.4, 0.5) is 0 Å². The number of aryl methyl sites for hydroxylation is 3. The second-order valence-electron chi connectivity index (χ2n) is 9.01. The van der Waals surface area contributed by atoms with Gasteiger partial charge in [-0.15, -0.1) is 11.8 Å². The van der Waals surface area contributed by atoms with Gasteiger partial charge in [-0.2, -0.15) is 11.8 Å². The number of rotatable bonds is 8. The van der Waals surface area contributed by atoms with Crippen LogP contribution in [0.2, 0.25) is 0 Å². The van der Waals surface area contributed by atoms with Crippen molar-refractivity contribution in [3.63, 3.8) is 0 Å². The van der Waals surface area contributed by atoms with E-state index in [-0.39, 0.29) is 6.10 Å². The zero-order valence-corrected chi connectivity index (χ0v) is 21.4. The molecule has 0 saturated heterocycles. The van der Waals surface area contributed by atoms with Crippen LogP contribution in [0.5, 0.6) is 11.5 Å². The van der Waals surface area contributed by atoms with Crippen LogP contribution in [-0.2, 0) is 12.8 Å². The van der Waals surface area contributed by atoms with Crippen molar-refractivity contribution >= 4 is 23.5 Å². The van der Waals surface area contributed by atoms with Crippen LogP contribution in [0, 0.1) is 13.8 Å². The molecule has 0 N–H and O–H groups in total. The summed E-state index contributed by atoms with van der Waals surface area (Å²) in [6, 6.07) is 17.8. The molecular weight excluding hydrogens is 444 g/mol. The summed E-state index contributed by atoms with van der Waals surface area (Å²) < 4.78 is 12.6. The van der Waals surface area contributed by atoms with Crippen LogP contribution in [-0.4, -0.2) is 24.4 Å². The first kappa shape index (κ1) is 22.7. The highest BCUT2D eigenvalue weighted by Gasteiger charge is 2.28. The third-order valence-electron chi connectivity index (χ3n) is 6.70. The monoisotopic (exact) mass is 476 g/mol. The highest BCUT2D eigenvalue weighted by molar-refractivity contribution is 7.99. The number of thioether (sulfide) groups is 2. The Morgan fingerprint density at radius 1 is 1.00 bits per heavy atom. The van der Waals surface area contributed by atoms with Gasteiger partial charge in [0.1, 0.15) is 17.6 Å². The predicted octanol–water partition coefficient (Wildman–Crippen LogP) is 7.82. The topological polar surface area (TPSA) is 18.5 Å². The molecule has 2 aliphatic rings. The molecule has 5 rings (SSSR count). The van der Waals surface area contributed by atoms with Crippen molar-refractivity contribution in [1.82, 2.24) is 0 Å². The third kappa shape index (κ3) is 4.79. The Labute approximate surface area is 206 Å². The molecule has 1 aliphatic carbocycles. The van der Waals surface area contributed by atoms with Crippen LogP contribution < -0.4 is 9.47 Å². The summed E-state index contributed by atoms with van der Waals surface area (Å²) in [4.78, 5) is 1.39. The minimum absolute atomic E-state index is 0.129. The molecule has 0 spiro atoms. The van der Waals surface area contributed by atoms with Gasteiger partial charge in [0, 0.05) is 10.6 Å². The van der Waals surface area contributed by atoms with E-state index in [1.807, 2.05) is 23.5 Å². The molecule has 1 atom stereocenters. The highest BCUT2D eigenvalue weighted by atomic mass is 32.2. The van der Waals surface area contributed by atoms with Gasteiger partial charge < -0.3 is 9.47 Å². The fourth-order valence-electron chi connectivity index (χ4n) is 5.18. The summed E-state index contributed by atoms with van der Waals surface area (Å²) in [5.74, 6) is 4.31. The quantitative estimate of drug-likeness (QED) is 0.308. The van der Waals surface area contributed by atoms with Crippen LogP contribution in [0.25, 0.3) is 11.1 Å². The summed E-state index contributed by atoms with van der Waals surface area (Å²) in [7, 11) is 0. The normalized spacial score (nSPS) is 16.5. The molecule has 1 aliphatic heterocycles. The average Bonchev–Trinajstić information content (AvgIpc) is 3.44. The van der Waals surface area contributed by atoms with Gasteiger partial charge in [0.25, 0.3) is 0 Å². The lowest BCUT2D eigenvalue weighted by molar-refractivity contribution is 0.207. The van der Waals surface area contributed by atoms with Crippen molar-refractivity contribution in [3.8, 4) is 22.6 Å². The van der Waals surface area contributed by atoms with Crippen molar-refractivity contribution in [1.29, 1.82) is 0 Å². The Balaban J connectivity index is 1.39. The first-order valence-electron chi connectivity index (χ1n) is 11.9. The molecule has 3 aromatic carbocycles. The molecule has 0 bridgehead atoms. The Hall–Kier alpha value is -2.04. The van der Waals surface area contributed by atoms with Crippen molar-refractivity contribution in [2.75, 3.05) is 24.4 Å². The maximum absolute atomic E-state index is 6.53. The predicted molar refractivity (Wildman–Crippen MR) is 142 cm³/mol. The van der Waals surface area contributed by atoms with Gasteiger partial charge in [-0.25, -0.2) is 0 Å². The average molecular weight is 477 g/mol. The maximum Gasteiger partial charge on any atom is 0.124 e. The lowest BCUT2D eigenvalue weighted by Gasteiger charge is -2.18. The van der Waals surface area contributed by atoms with Gasteiger partial charge in [-0.3, -0.25) is 0 Å². The summed E-state index contributed by atoms with van der Waals surface area (Å²) in [5, 5.41) is 0. The molecule has 0 saturated carbocycles. The molecule has 4 heteroatoms. The van der Waals surface area contributed by atoms with Gasteiger partial charge in [-0.05, 0) is 115 Å². The SMILES string of the molecule is CSCCCOc1cc(C)c(-c2cccc3c2CCC3Oc2ccc3c(c2)SCC3)c(C)c1. The van der Waals surface area contributed by atoms with Crippen molar-refractivity contribution in [3.05, 3.63) is 76.3 Å². The molecule has 0 radical (unpaired) electrons. The summed E-state index contributed by atoms with van der Waals surface area (Å²) in [6.07, 6.45) is 6.62. The van der Waals surface area contributed by atoms with E-state index >= 15 is 0 Å². The molecule has 0 aromatic heterocycles. The van der Waals surface area contributed by atoms with Crippen LogP contribution in [0.1, 0.15) is 46.8 Å². The molecule has 172 valence electrons. The number of hydrogen-bond donors (Lipinski definition) is 0. The minimum Gasteiger partial charge on any atom is -0.494 e.